The van der Waals surface area contributed by atoms with Crippen LogP contribution in [0.1, 0.15) is 26.2 Å². The Bertz CT molecular complexity index is 308. The predicted molar refractivity (Wildman–Crippen MR) is 68.7 cm³/mol. The van der Waals surface area contributed by atoms with E-state index in [1.807, 2.05) is 24.3 Å². The number of anilines is 1. The van der Waals surface area contributed by atoms with Gasteiger partial charge in [0.15, 0.2) is 0 Å². The van der Waals surface area contributed by atoms with Crippen molar-refractivity contribution in [2.24, 2.45) is 0 Å². The van der Waals surface area contributed by atoms with Crippen molar-refractivity contribution in [3.63, 3.8) is 0 Å². The Kier molecular flexibility index (Phi) is 5.12. The van der Waals surface area contributed by atoms with Gasteiger partial charge in [0, 0.05) is 5.69 Å². The van der Waals surface area contributed by atoms with Crippen molar-refractivity contribution in [3.8, 4) is 5.75 Å². The Hall–Kier alpha value is -1.09. The Morgan fingerprint density at radius 2 is 2.00 bits per heavy atom. The molecule has 0 amide bonds. The van der Waals surface area contributed by atoms with E-state index in [1.54, 1.807) is 7.11 Å². The average Bonchev–Trinajstić information content (AvgIpc) is 2.27. The van der Waals surface area contributed by atoms with Gasteiger partial charge in [-0.25, -0.2) is 0 Å². The smallest absolute Gasteiger partial charge is 0.119 e. The molecule has 0 aliphatic heterocycles. The minimum atomic E-state index is 0.861. The lowest BCUT2D eigenvalue weighted by Crippen LogP contribution is -2.08. The van der Waals surface area contributed by atoms with Gasteiger partial charge in [-0.3, -0.25) is 0 Å². The number of rotatable bonds is 5. The van der Waals surface area contributed by atoms with E-state index in [2.05, 4.69) is 12.2 Å². The fourth-order valence-corrected chi connectivity index (χ4v) is 1.50. The summed E-state index contributed by atoms with van der Waals surface area (Å²) in [5, 5.41) is 3.20. The maximum absolute atomic E-state index is 5.22. The topological polar surface area (TPSA) is 21.3 Å². The van der Waals surface area contributed by atoms with Crippen molar-refractivity contribution in [2.45, 2.75) is 26.2 Å². The van der Waals surface area contributed by atoms with Gasteiger partial charge in [-0.15, -0.1) is 0 Å². The summed E-state index contributed by atoms with van der Waals surface area (Å²) in [7, 11) is 1.66. The zero-order chi connectivity index (χ0) is 11.1. The zero-order valence-electron chi connectivity index (χ0n) is 9.25. The van der Waals surface area contributed by atoms with Crippen LogP contribution in [0.25, 0.3) is 0 Å². The number of ether oxygens (including phenoxy) is 1. The fraction of sp³-hybridized carbons (Fsp3) is 0.417. The highest BCUT2D eigenvalue weighted by atomic mass is 32.1. The molecule has 2 nitrogen and oxygen atoms in total. The molecule has 82 valence electrons. The quantitative estimate of drug-likeness (QED) is 0.770. The molecule has 0 unspecified atom stereocenters. The second kappa shape index (κ2) is 6.40. The minimum Gasteiger partial charge on any atom is -0.497 e. The third-order valence-electron chi connectivity index (χ3n) is 2.13. The molecule has 0 atom stereocenters. The number of hydrogen-bond donors (Lipinski definition) is 1. The predicted octanol–water partition coefficient (Wildman–Crippen LogP) is 3.62. The summed E-state index contributed by atoms with van der Waals surface area (Å²) in [5.41, 5.74) is 1.02. The number of methoxy groups -OCH3 is 1. The molecule has 0 aliphatic carbocycles. The van der Waals surface area contributed by atoms with Crippen LogP contribution >= 0.6 is 12.2 Å². The van der Waals surface area contributed by atoms with Gasteiger partial charge >= 0.3 is 0 Å². The van der Waals surface area contributed by atoms with Gasteiger partial charge in [0.05, 0.1) is 12.1 Å². The van der Waals surface area contributed by atoms with Crippen molar-refractivity contribution in [2.75, 3.05) is 12.4 Å². The van der Waals surface area contributed by atoms with Crippen molar-refractivity contribution >= 4 is 22.9 Å². The summed E-state index contributed by atoms with van der Waals surface area (Å²) >= 11 is 5.22. The van der Waals surface area contributed by atoms with Crippen molar-refractivity contribution in [1.82, 2.24) is 0 Å². The van der Waals surface area contributed by atoms with Crippen LogP contribution in [0.5, 0.6) is 5.75 Å². The molecular weight excluding hydrogens is 206 g/mol. The number of nitrogens with one attached hydrogen (secondary N) is 1. The number of unbranched alkanes of at least 4 members (excludes halogenated alkanes) is 1. The van der Waals surface area contributed by atoms with Crippen molar-refractivity contribution in [1.29, 1.82) is 0 Å². The maximum Gasteiger partial charge on any atom is 0.119 e. The first-order valence-corrected chi connectivity index (χ1v) is 5.61. The minimum absolute atomic E-state index is 0.861. The van der Waals surface area contributed by atoms with E-state index in [4.69, 9.17) is 17.0 Å². The van der Waals surface area contributed by atoms with E-state index >= 15 is 0 Å². The summed E-state index contributed by atoms with van der Waals surface area (Å²) in [5.74, 6) is 0.861. The Labute approximate surface area is 96.6 Å². The summed E-state index contributed by atoms with van der Waals surface area (Å²) < 4.78 is 5.08. The highest BCUT2D eigenvalue weighted by molar-refractivity contribution is 7.80. The van der Waals surface area contributed by atoms with Crippen LogP contribution in [-0.2, 0) is 0 Å². The van der Waals surface area contributed by atoms with E-state index in [9.17, 15) is 0 Å². The summed E-state index contributed by atoms with van der Waals surface area (Å²) in [6.07, 6.45) is 3.27. The Morgan fingerprint density at radius 3 is 2.53 bits per heavy atom. The number of hydrogen-bond acceptors (Lipinski definition) is 2. The molecule has 0 spiro atoms. The molecular formula is C12H17NOS. The molecule has 1 aromatic rings. The normalized spacial score (nSPS) is 9.73. The molecule has 1 N–H and O–H groups in total. The molecule has 0 bridgehead atoms. The van der Waals surface area contributed by atoms with Gasteiger partial charge in [0.25, 0.3) is 0 Å². The van der Waals surface area contributed by atoms with Crippen molar-refractivity contribution < 1.29 is 4.74 Å². The van der Waals surface area contributed by atoms with E-state index in [1.165, 1.54) is 6.42 Å². The molecule has 0 saturated carbocycles. The highest BCUT2D eigenvalue weighted by Crippen LogP contribution is 2.15. The lowest BCUT2D eigenvalue weighted by Gasteiger charge is -2.07. The molecule has 1 aromatic carbocycles. The highest BCUT2D eigenvalue weighted by Gasteiger charge is 1.97. The summed E-state index contributed by atoms with van der Waals surface area (Å²) in [4.78, 5) is 0.905. The third-order valence-corrected chi connectivity index (χ3v) is 2.44. The third kappa shape index (κ3) is 4.30. The van der Waals surface area contributed by atoms with Crippen molar-refractivity contribution in [3.05, 3.63) is 24.3 Å². The fourth-order valence-electron chi connectivity index (χ4n) is 1.24. The molecule has 0 aliphatic rings. The van der Waals surface area contributed by atoms with Crippen LogP contribution in [0.15, 0.2) is 24.3 Å². The van der Waals surface area contributed by atoms with Crippen LogP contribution in [0.3, 0.4) is 0 Å². The maximum atomic E-state index is 5.22. The van der Waals surface area contributed by atoms with E-state index in [0.29, 0.717) is 0 Å². The van der Waals surface area contributed by atoms with Gasteiger partial charge in [0.1, 0.15) is 5.75 Å². The van der Waals surface area contributed by atoms with Crippen LogP contribution in [0, 0.1) is 0 Å². The summed E-state index contributed by atoms with van der Waals surface area (Å²) in [6.45, 7) is 2.16. The summed E-state index contributed by atoms with van der Waals surface area (Å²) in [6, 6.07) is 7.78. The standard InChI is InChI=1S/C12H17NOS/c1-3-4-5-12(15)13-10-6-8-11(14-2)9-7-10/h6-9H,3-5H2,1-2H3,(H,13,15). The lowest BCUT2D eigenvalue weighted by atomic mass is 10.2. The largest absolute Gasteiger partial charge is 0.497 e. The molecule has 15 heavy (non-hydrogen) atoms. The van der Waals surface area contributed by atoms with E-state index < -0.39 is 0 Å². The van der Waals surface area contributed by atoms with Gasteiger partial charge in [-0.2, -0.15) is 0 Å². The SMILES string of the molecule is CCCCC(=S)Nc1ccc(OC)cc1. The van der Waals surface area contributed by atoms with E-state index in [0.717, 1.165) is 29.3 Å². The Balaban J connectivity index is 2.46. The monoisotopic (exact) mass is 223 g/mol. The lowest BCUT2D eigenvalue weighted by molar-refractivity contribution is 0.415. The first kappa shape index (κ1) is 12.0. The first-order valence-electron chi connectivity index (χ1n) is 5.20. The van der Waals surface area contributed by atoms with Crippen LogP contribution in [0.4, 0.5) is 5.69 Å². The second-order valence-corrected chi connectivity index (χ2v) is 3.87. The van der Waals surface area contributed by atoms with E-state index in [-0.39, 0.29) is 0 Å². The molecule has 0 fully saturated rings. The number of thiocarbonyl (C=S) groups is 1. The van der Waals surface area contributed by atoms with Gasteiger partial charge in [0.2, 0.25) is 0 Å². The number of benzene rings is 1. The zero-order valence-corrected chi connectivity index (χ0v) is 10.1. The van der Waals surface area contributed by atoms with Crippen LogP contribution in [-0.4, -0.2) is 12.1 Å². The molecule has 0 saturated heterocycles. The second-order valence-electron chi connectivity index (χ2n) is 3.38. The molecule has 0 aromatic heterocycles. The van der Waals surface area contributed by atoms with Gasteiger partial charge in [-0.1, -0.05) is 25.6 Å². The van der Waals surface area contributed by atoms with Gasteiger partial charge in [-0.05, 0) is 37.1 Å². The molecule has 1 rings (SSSR count). The van der Waals surface area contributed by atoms with Crippen LogP contribution in [0.2, 0.25) is 0 Å². The first-order chi connectivity index (χ1) is 7.26. The molecule has 3 heteroatoms. The molecule has 0 heterocycles. The molecule has 0 radical (unpaired) electrons. The Morgan fingerprint density at radius 1 is 1.33 bits per heavy atom. The van der Waals surface area contributed by atoms with Gasteiger partial charge < -0.3 is 10.1 Å². The van der Waals surface area contributed by atoms with Crippen LogP contribution < -0.4 is 10.1 Å². The average molecular weight is 223 g/mol.